The molecule has 10 heavy (non-hydrogen) atoms. The Morgan fingerprint density at radius 2 is 1.90 bits per heavy atom. The molecule has 1 aliphatic rings. The van der Waals surface area contributed by atoms with E-state index < -0.39 is 0 Å². The van der Waals surface area contributed by atoms with Crippen molar-refractivity contribution in [3.05, 3.63) is 0 Å². The number of nitrogens with one attached hydrogen (secondary N) is 2. The van der Waals surface area contributed by atoms with Gasteiger partial charge in [-0.2, -0.15) is 0 Å². The quantitative estimate of drug-likeness (QED) is 0.532. The van der Waals surface area contributed by atoms with Gasteiger partial charge >= 0.3 is 0 Å². The molecule has 1 rings (SSSR count). The van der Waals surface area contributed by atoms with Crippen LogP contribution in [0.15, 0.2) is 0 Å². The topological polar surface area (TPSA) is 24.1 Å². The van der Waals surface area contributed by atoms with Gasteiger partial charge in [-0.3, -0.25) is 10.9 Å². The van der Waals surface area contributed by atoms with Gasteiger partial charge < -0.3 is 0 Å². The number of hydrazine groups is 1. The molecule has 1 heterocycles. The zero-order chi connectivity index (χ0) is 7.45. The normalized spacial score (nSPS) is 27.0. The second-order valence-corrected chi connectivity index (χ2v) is 3.90. The summed E-state index contributed by atoms with van der Waals surface area (Å²) >= 11 is 0. The largest absolute Gasteiger partial charge is 0.258 e. The van der Waals surface area contributed by atoms with E-state index in [-0.39, 0.29) is 0 Å². The van der Waals surface area contributed by atoms with E-state index in [1.54, 1.807) is 0 Å². The lowest BCUT2D eigenvalue weighted by molar-refractivity contribution is 0.264. The molecule has 0 spiro atoms. The molecule has 0 aromatic heterocycles. The summed E-state index contributed by atoms with van der Waals surface area (Å²) < 4.78 is 0. The minimum atomic E-state index is 0.480. The fourth-order valence-corrected chi connectivity index (χ4v) is 1.30. The Hall–Kier alpha value is -0.0800. The van der Waals surface area contributed by atoms with E-state index in [1.807, 2.05) is 0 Å². The molecule has 0 atom stereocenters. The van der Waals surface area contributed by atoms with Gasteiger partial charge in [-0.1, -0.05) is 20.3 Å². The average Bonchev–Trinajstić information content (AvgIpc) is 1.81. The van der Waals surface area contributed by atoms with Crippen molar-refractivity contribution in [2.45, 2.75) is 33.1 Å². The fourth-order valence-electron chi connectivity index (χ4n) is 1.30. The smallest absolute Gasteiger partial charge is 0.0151 e. The summed E-state index contributed by atoms with van der Waals surface area (Å²) in [6.45, 7) is 6.84. The monoisotopic (exact) mass is 142 g/mol. The van der Waals surface area contributed by atoms with Crippen molar-refractivity contribution in [1.29, 1.82) is 0 Å². The summed E-state index contributed by atoms with van der Waals surface area (Å²) in [7, 11) is 0. The predicted molar refractivity (Wildman–Crippen MR) is 43.6 cm³/mol. The first-order chi connectivity index (χ1) is 4.71. The maximum Gasteiger partial charge on any atom is 0.0151 e. The van der Waals surface area contributed by atoms with Gasteiger partial charge in [0.25, 0.3) is 0 Å². The van der Waals surface area contributed by atoms with Crippen LogP contribution < -0.4 is 10.9 Å². The molecule has 0 saturated carbocycles. The molecule has 1 saturated heterocycles. The summed E-state index contributed by atoms with van der Waals surface area (Å²) in [6, 6.07) is 0. The minimum absolute atomic E-state index is 0.480. The van der Waals surface area contributed by atoms with Crippen LogP contribution in [0.5, 0.6) is 0 Å². The third kappa shape index (κ3) is 2.67. The summed E-state index contributed by atoms with van der Waals surface area (Å²) in [5.41, 5.74) is 6.90. The van der Waals surface area contributed by atoms with Crippen molar-refractivity contribution in [2.75, 3.05) is 13.1 Å². The Balaban J connectivity index is 2.30. The van der Waals surface area contributed by atoms with E-state index in [0.29, 0.717) is 5.41 Å². The van der Waals surface area contributed by atoms with Gasteiger partial charge in [-0.25, -0.2) is 0 Å². The summed E-state index contributed by atoms with van der Waals surface area (Å²) in [5.74, 6) is 0. The lowest BCUT2D eigenvalue weighted by Gasteiger charge is -2.27. The third-order valence-corrected chi connectivity index (χ3v) is 2.10. The van der Waals surface area contributed by atoms with Crippen LogP contribution in [0, 0.1) is 5.41 Å². The van der Waals surface area contributed by atoms with Crippen molar-refractivity contribution >= 4 is 0 Å². The summed E-state index contributed by atoms with van der Waals surface area (Å²) in [6.07, 6.45) is 4.01. The lowest BCUT2D eigenvalue weighted by Crippen LogP contribution is -2.41. The van der Waals surface area contributed by atoms with Crippen LogP contribution in [0.3, 0.4) is 0 Å². The van der Waals surface area contributed by atoms with Crippen LogP contribution in [-0.4, -0.2) is 13.1 Å². The highest BCUT2D eigenvalue weighted by Crippen LogP contribution is 2.22. The Labute approximate surface area is 63.4 Å². The molecule has 1 aliphatic heterocycles. The van der Waals surface area contributed by atoms with E-state index >= 15 is 0 Å². The van der Waals surface area contributed by atoms with Gasteiger partial charge in [0.1, 0.15) is 0 Å². The van der Waals surface area contributed by atoms with Gasteiger partial charge in [0.05, 0.1) is 0 Å². The van der Waals surface area contributed by atoms with Crippen molar-refractivity contribution in [2.24, 2.45) is 5.41 Å². The molecule has 0 radical (unpaired) electrons. The van der Waals surface area contributed by atoms with Crippen molar-refractivity contribution in [3.8, 4) is 0 Å². The van der Waals surface area contributed by atoms with Gasteiger partial charge in [0, 0.05) is 13.1 Å². The fraction of sp³-hybridized carbons (Fsp3) is 1.00. The highest BCUT2D eigenvalue weighted by atomic mass is 15.3. The average molecular weight is 142 g/mol. The SMILES string of the molecule is CC1(C)CCCCNNC1. The number of hydrogen-bond acceptors (Lipinski definition) is 2. The molecule has 0 aromatic rings. The molecular weight excluding hydrogens is 124 g/mol. The maximum atomic E-state index is 3.23. The molecule has 2 heteroatoms. The standard InChI is InChI=1S/C8H18N2/c1-8(2)5-3-4-6-9-10-7-8/h9-10H,3-7H2,1-2H3. The molecule has 2 nitrogen and oxygen atoms in total. The van der Waals surface area contributed by atoms with Gasteiger partial charge in [-0.15, -0.1) is 0 Å². The molecule has 60 valence electrons. The van der Waals surface area contributed by atoms with E-state index in [9.17, 15) is 0 Å². The van der Waals surface area contributed by atoms with Crippen LogP contribution in [0.25, 0.3) is 0 Å². The van der Waals surface area contributed by atoms with Crippen LogP contribution in [0.2, 0.25) is 0 Å². The van der Waals surface area contributed by atoms with Crippen LogP contribution in [0.1, 0.15) is 33.1 Å². The lowest BCUT2D eigenvalue weighted by atomic mass is 9.87. The molecule has 0 amide bonds. The highest BCUT2D eigenvalue weighted by molar-refractivity contribution is 4.72. The third-order valence-electron chi connectivity index (χ3n) is 2.10. The van der Waals surface area contributed by atoms with Gasteiger partial charge in [0.2, 0.25) is 0 Å². The minimum Gasteiger partial charge on any atom is -0.258 e. The predicted octanol–water partition coefficient (Wildman–Crippen LogP) is 1.29. The van der Waals surface area contributed by atoms with E-state index in [2.05, 4.69) is 24.7 Å². The molecular formula is C8H18N2. The zero-order valence-electron chi connectivity index (χ0n) is 7.04. The second-order valence-electron chi connectivity index (χ2n) is 3.90. The van der Waals surface area contributed by atoms with Crippen molar-refractivity contribution < 1.29 is 0 Å². The molecule has 0 unspecified atom stereocenters. The first-order valence-electron chi connectivity index (χ1n) is 4.16. The number of rotatable bonds is 0. The van der Waals surface area contributed by atoms with Crippen molar-refractivity contribution in [1.82, 2.24) is 10.9 Å². The van der Waals surface area contributed by atoms with Crippen molar-refractivity contribution in [3.63, 3.8) is 0 Å². The molecule has 0 aromatic carbocycles. The van der Waals surface area contributed by atoms with E-state index in [1.165, 1.54) is 19.3 Å². The molecule has 2 N–H and O–H groups in total. The first kappa shape index (κ1) is 8.02. The van der Waals surface area contributed by atoms with E-state index in [0.717, 1.165) is 13.1 Å². The highest BCUT2D eigenvalue weighted by Gasteiger charge is 2.17. The molecule has 1 fully saturated rings. The molecule has 0 aliphatic carbocycles. The summed E-state index contributed by atoms with van der Waals surface area (Å²) in [4.78, 5) is 0. The van der Waals surface area contributed by atoms with Gasteiger partial charge in [-0.05, 0) is 18.3 Å². The maximum absolute atomic E-state index is 3.23. The summed E-state index contributed by atoms with van der Waals surface area (Å²) in [5, 5.41) is 0. The molecule has 0 bridgehead atoms. The van der Waals surface area contributed by atoms with Crippen LogP contribution in [0.4, 0.5) is 0 Å². The Morgan fingerprint density at radius 3 is 2.70 bits per heavy atom. The van der Waals surface area contributed by atoms with Gasteiger partial charge in [0.15, 0.2) is 0 Å². The van der Waals surface area contributed by atoms with Crippen LogP contribution >= 0.6 is 0 Å². The second kappa shape index (κ2) is 3.35. The zero-order valence-corrected chi connectivity index (χ0v) is 7.04. The van der Waals surface area contributed by atoms with Crippen LogP contribution in [-0.2, 0) is 0 Å². The van der Waals surface area contributed by atoms with E-state index in [4.69, 9.17) is 0 Å². The Morgan fingerprint density at radius 1 is 1.10 bits per heavy atom. The Kier molecular flexibility index (Phi) is 2.69. The number of hydrogen-bond donors (Lipinski definition) is 2. The first-order valence-corrected chi connectivity index (χ1v) is 4.16. The Bertz CT molecular complexity index is 89.4.